The molecule has 2 unspecified atom stereocenters. The number of alkyl halides is 2. The highest BCUT2D eigenvalue weighted by Gasteiger charge is 2.38. The standard InChI is InChI=1S/C34H32F2N4O5/c1-20(37-3)31(42)38-27-19-40(32(43)24-14-12-22(13-15-24)21(2)41)29-11-7-6-10-28(29)39(33(27)44)18-26-25-9-5-4-8-23(25)16-17-30(26)45-34(35)36/h4-17,20,27,34,37H,18-19H2,1-3H3,(H,38,42). The number of fused-ring (bicyclic) bond motifs is 2. The van der Waals surface area contributed by atoms with Crippen molar-refractivity contribution in [3.05, 3.63) is 102 Å². The van der Waals surface area contributed by atoms with Gasteiger partial charge in [-0.05, 0) is 62.0 Å². The monoisotopic (exact) mass is 614 g/mol. The van der Waals surface area contributed by atoms with Crippen molar-refractivity contribution in [1.82, 2.24) is 10.6 Å². The van der Waals surface area contributed by atoms with Crippen LogP contribution in [0.5, 0.6) is 5.75 Å². The lowest BCUT2D eigenvalue weighted by atomic mass is 10.0. The number of carbonyl (C=O) groups is 4. The van der Waals surface area contributed by atoms with E-state index in [1.807, 2.05) is 12.1 Å². The molecule has 0 spiro atoms. The van der Waals surface area contributed by atoms with Gasteiger partial charge in [0.1, 0.15) is 11.8 Å². The average molecular weight is 615 g/mol. The molecule has 0 saturated carbocycles. The highest BCUT2D eigenvalue weighted by Crippen LogP contribution is 2.38. The predicted molar refractivity (Wildman–Crippen MR) is 167 cm³/mol. The first-order valence-electron chi connectivity index (χ1n) is 14.4. The summed E-state index contributed by atoms with van der Waals surface area (Å²) in [6.45, 7) is -0.447. The number of rotatable bonds is 9. The molecular weight excluding hydrogens is 582 g/mol. The zero-order valence-corrected chi connectivity index (χ0v) is 24.9. The fourth-order valence-corrected chi connectivity index (χ4v) is 5.32. The second kappa shape index (κ2) is 13.2. The van der Waals surface area contributed by atoms with Gasteiger partial charge < -0.3 is 25.2 Å². The van der Waals surface area contributed by atoms with Crippen molar-refractivity contribution >= 4 is 45.7 Å². The van der Waals surface area contributed by atoms with Gasteiger partial charge in [0.2, 0.25) is 5.91 Å². The normalized spacial score (nSPS) is 15.4. The number of likely N-dealkylation sites (N-methyl/N-ethyl adjacent to an activating group) is 1. The number of nitrogens with one attached hydrogen (secondary N) is 2. The van der Waals surface area contributed by atoms with Crippen molar-refractivity contribution < 1.29 is 32.7 Å². The lowest BCUT2D eigenvalue weighted by Gasteiger charge is -2.27. The number of para-hydroxylation sites is 2. The molecular formula is C34H32F2N4O5. The topological polar surface area (TPSA) is 108 Å². The molecule has 11 heteroatoms. The summed E-state index contributed by atoms with van der Waals surface area (Å²) in [5.41, 5.74) is 1.76. The Morgan fingerprint density at radius 3 is 2.22 bits per heavy atom. The van der Waals surface area contributed by atoms with Gasteiger partial charge in [-0.25, -0.2) is 0 Å². The highest BCUT2D eigenvalue weighted by molar-refractivity contribution is 6.13. The van der Waals surface area contributed by atoms with E-state index in [0.29, 0.717) is 27.9 Å². The Morgan fingerprint density at radius 2 is 1.56 bits per heavy atom. The van der Waals surface area contributed by atoms with Crippen LogP contribution in [0.25, 0.3) is 10.8 Å². The number of benzene rings is 4. The van der Waals surface area contributed by atoms with E-state index in [0.717, 1.165) is 5.39 Å². The highest BCUT2D eigenvalue weighted by atomic mass is 19.3. The first kappa shape index (κ1) is 31.3. The Kier molecular flexibility index (Phi) is 9.19. The minimum atomic E-state index is -3.10. The third-order valence-electron chi connectivity index (χ3n) is 7.85. The number of hydrogen-bond acceptors (Lipinski definition) is 6. The molecule has 3 amide bonds. The molecule has 0 aliphatic carbocycles. The first-order valence-corrected chi connectivity index (χ1v) is 14.4. The van der Waals surface area contributed by atoms with Crippen LogP contribution in [0.4, 0.5) is 20.2 Å². The number of ketones is 1. The van der Waals surface area contributed by atoms with Crippen molar-refractivity contribution in [2.45, 2.75) is 39.1 Å². The van der Waals surface area contributed by atoms with Gasteiger partial charge in [-0.15, -0.1) is 0 Å². The smallest absolute Gasteiger partial charge is 0.387 e. The molecule has 5 rings (SSSR count). The summed E-state index contributed by atoms with van der Waals surface area (Å²) in [6, 6.07) is 21.3. The van der Waals surface area contributed by atoms with E-state index in [1.54, 1.807) is 68.6 Å². The molecule has 0 bridgehead atoms. The van der Waals surface area contributed by atoms with E-state index < -0.39 is 36.4 Å². The number of Topliss-reactive ketones (excluding diaryl/α,β-unsaturated/α-hetero) is 1. The summed E-state index contributed by atoms with van der Waals surface area (Å²) in [5, 5.41) is 6.97. The Morgan fingerprint density at radius 1 is 0.911 bits per heavy atom. The van der Waals surface area contributed by atoms with Crippen LogP contribution in [0.15, 0.2) is 84.9 Å². The molecule has 45 heavy (non-hydrogen) atoms. The molecule has 2 atom stereocenters. The number of nitrogens with zero attached hydrogens (tertiary/aromatic N) is 2. The number of ether oxygens (including phenoxy) is 1. The van der Waals surface area contributed by atoms with Crippen LogP contribution < -0.4 is 25.2 Å². The van der Waals surface area contributed by atoms with Gasteiger partial charge in [0.15, 0.2) is 5.78 Å². The Labute approximate surface area is 258 Å². The summed E-state index contributed by atoms with van der Waals surface area (Å²) in [5.74, 6) is -1.72. The third kappa shape index (κ3) is 6.53. The molecule has 4 aromatic carbocycles. The summed E-state index contributed by atoms with van der Waals surface area (Å²) < 4.78 is 31.9. The van der Waals surface area contributed by atoms with Crippen molar-refractivity contribution in [2.75, 3.05) is 23.4 Å². The van der Waals surface area contributed by atoms with Gasteiger partial charge in [-0.3, -0.25) is 19.2 Å². The van der Waals surface area contributed by atoms with E-state index in [2.05, 4.69) is 10.6 Å². The first-order chi connectivity index (χ1) is 21.6. The molecule has 2 N–H and O–H groups in total. The van der Waals surface area contributed by atoms with E-state index in [4.69, 9.17) is 4.74 Å². The molecule has 0 saturated heterocycles. The maximum Gasteiger partial charge on any atom is 0.387 e. The van der Waals surface area contributed by atoms with Crippen LogP contribution in [0.2, 0.25) is 0 Å². The Hall–Kier alpha value is -5.16. The van der Waals surface area contributed by atoms with E-state index in [1.165, 1.54) is 34.9 Å². The van der Waals surface area contributed by atoms with Crippen LogP contribution in [-0.2, 0) is 16.1 Å². The van der Waals surface area contributed by atoms with Crippen LogP contribution in [0.1, 0.15) is 40.1 Å². The quantitative estimate of drug-likeness (QED) is 0.259. The molecule has 0 radical (unpaired) electrons. The van der Waals surface area contributed by atoms with Crippen molar-refractivity contribution in [3.8, 4) is 5.75 Å². The summed E-state index contributed by atoms with van der Waals surface area (Å²) in [4.78, 5) is 56.1. The number of halogens is 2. The number of anilines is 2. The minimum Gasteiger partial charge on any atom is -0.434 e. The largest absolute Gasteiger partial charge is 0.434 e. The predicted octanol–water partition coefficient (Wildman–Crippen LogP) is 4.93. The van der Waals surface area contributed by atoms with E-state index in [9.17, 15) is 28.0 Å². The molecule has 4 aromatic rings. The summed E-state index contributed by atoms with van der Waals surface area (Å²) in [6.07, 6.45) is 0. The van der Waals surface area contributed by atoms with Gasteiger partial charge in [0.05, 0.1) is 30.5 Å². The van der Waals surface area contributed by atoms with Crippen LogP contribution in [0, 0.1) is 0 Å². The Bertz CT molecular complexity index is 1760. The number of hydrogen-bond donors (Lipinski definition) is 2. The van der Waals surface area contributed by atoms with Crippen molar-refractivity contribution in [1.29, 1.82) is 0 Å². The summed E-state index contributed by atoms with van der Waals surface area (Å²) in [7, 11) is 1.60. The summed E-state index contributed by atoms with van der Waals surface area (Å²) >= 11 is 0. The molecule has 0 aromatic heterocycles. The van der Waals surface area contributed by atoms with Gasteiger partial charge in [0, 0.05) is 16.7 Å². The molecule has 0 fully saturated rings. The molecule has 1 heterocycles. The fourth-order valence-electron chi connectivity index (χ4n) is 5.32. The van der Waals surface area contributed by atoms with Crippen LogP contribution in [0.3, 0.4) is 0 Å². The van der Waals surface area contributed by atoms with Crippen molar-refractivity contribution in [2.24, 2.45) is 0 Å². The maximum atomic E-state index is 14.4. The van der Waals surface area contributed by atoms with Gasteiger partial charge in [-0.1, -0.05) is 54.6 Å². The lowest BCUT2D eigenvalue weighted by molar-refractivity contribution is -0.128. The molecule has 1 aliphatic rings. The minimum absolute atomic E-state index is 0.0962. The number of carbonyl (C=O) groups excluding carboxylic acids is 4. The lowest BCUT2D eigenvalue weighted by Crippen LogP contribution is -2.55. The van der Waals surface area contributed by atoms with Gasteiger partial charge in [0.25, 0.3) is 11.8 Å². The molecule has 1 aliphatic heterocycles. The second-order valence-electron chi connectivity index (χ2n) is 10.7. The zero-order chi connectivity index (χ0) is 32.2. The van der Waals surface area contributed by atoms with Crippen molar-refractivity contribution in [3.63, 3.8) is 0 Å². The van der Waals surface area contributed by atoms with Gasteiger partial charge >= 0.3 is 6.61 Å². The third-order valence-corrected chi connectivity index (χ3v) is 7.85. The average Bonchev–Trinajstić information content (AvgIpc) is 3.15. The zero-order valence-electron chi connectivity index (χ0n) is 24.9. The van der Waals surface area contributed by atoms with Gasteiger partial charge in [-0.2, -0.15) is 8.78 Å². The Balaban J connectivity index is 1.64. The van der Waals surface area contributed by atoms with E-state index in [-0.39, 0.29) is 30.2 Å². The van der Waals surface area contributed by atoms with Crippen LogP contribution in [-0.4, -0.2) is 55.8 Å². The SMILES string of the molecule is CNC(C)C(=O)NC1CN(C(=O)c2ccc(C(C)=O)cc2)c2ccccc2N(Cc2c(OC(F)F)ccc3ccccc23)C1=O. The van der Waals surface area contributed by atoms with E-state index >= 15 is 0 Å². The molecule has 9 nitrogen and oxygen atoms in total. The fraction of sp³-hybridized carbons (Fsp3) is 0.235. The van der Waals surface area contributed by atoms with Crippen LogP contribution >= 0.6 is 0 Å². The number of amides is 3. The second-order valence-corrected chi connectivity index (χ2v) is 10.7. The maximum absolute atomic E-state index is 14.4. The molecule has 232 valence electrons.